The number of aromatic nitrogens is 2. The molecule has 0 amide bonds. The first kappa shape index (κ1) is 27.8. The number of benzene rings is 6. The predicted molar refractivity (Wildman–Crippen MR) is 186 cm³/mol. The number of anilines is 1. The lowest BCUT2D eigenvalue weighted by Crippen LogP contribution is -2.22. The van der Waals surface area contributed by atoms with Crippen molar-refractivity contribution in [2.45, 2.75) is 13.0 Å². The van der Waals surface area contributed by atoms with E-state index in [-0.39, 0.29) is 6.04 Å². The number of ether oxygens (including phenoxy) is 1. The lowest BCUT2D eigenvalue weighted by Gasteiger charge is -2.24. The molecule has 1 N–H and O–H groups in total. The van der Waals surface area contributed by atoms with Crippen molar-refractivity contribution in [1.82, 2.24) is 10.2 Å². The number of hydrogen-bond acceptors (Lipinski definition) is 4. The highest BCUT2D eigenvalue weighted by atomic mass is 31.1. The Bertz CT molecular complexity index is 2010. The van der Waals surface area contributed by atoms with Crippen molar-refractivity contribution in [2.24, 2.45) is 0 Å². The van der Waals surface area contributed by atoms with Crippen LogP contribution in [0.5, 0.6) is 5.75 Å². The van der Waals surface area contributed by atoms with E-state index in [2.05, 4.69) is 146 Å². The molecule has 6 aromatic carbocycles. The standard InChI is InChI=1S/C39H32N3OP/c1-27(28-14-6-3-7-15-28)40-39-34-21-13-12-20-33(34)38(41-42-39)37-35-26-30(43-2)24-22-29(35)23-25-36(37)44(31-16-8-4-9-17-31)32-18-10-5-11-19-32/h3-27H,1-2H3,(H,40,42). The van der Waals surface area contributed by atoms with E-state index in [1.807, 2.05) is 12.1 Å². The number of methoxy groups -OCH3 is 1. The van der Waals surface area contributed by atoms with Crippen molar-refractivity contribution < 1.29 is 4.74 Å². The van der Waals surface area contributed by atoms with Gasteiger partial charge in [0.05, 0.1) is 13.2 Å². The fourth-order valence-electron chi connectivity index (χ4n) is 5.86. The third-order valence-electron chi connectivity index (χ3n) is 8.05. The molecule has 0 saturated carbocycles. The molecule has 0 radical (unpaired) electrons. The van der Waals surface area contributed by atoms with Crippen LogP contribution < -0.4 is 26.0 Å². The van der Waals surface area contributed by atoms with Crippen LogP contribution in [0.25, 0.3) is 32.8 Å². The average molecular weight is 590 g/mol. The van der Waals surface area contributed by atoms with E-state index in [1.54, 1.807) is 7.11 Å². The number of nitrogens with zero attached hydrogens (tertiary/aromatic N) is 2. The van der Waals surface area contributed by atoms with Crippen molar-refractivity contribution in [3.63, 3.8) is 0 Å². The summed E-state index contributed by atoms with van der Waals surface area (Å²) in [6, 6.07) is 51.3. The smallest absolute Gasteiger partial charge is 0.157 e. The molecule has 0 bridgehead atoms. The molecule has 5 heteroatoms. The molecular weight excluding hydrogens is 557 g/mol. The van der Waals surface area contributed by atoms with E-state index in [0.717, 1.165) is 44.4 Å². The molecule has 0 aliphatic rings. The minimum absolute atomic E-state index is 0.0705. The summed E-state index contributed by atoms with van der Waals surface area (Å²) in [6.45, 7) is 2.15. The van der Waals surface area contributed by atoms with Crippen LogP contribution in [-0.4, -0.2) is 17.3 Å². The Morgan fingerprint density at radius 3 is 1.86 bits per heavy atom. The van der Waals surface area contributed by atoms with Gasteiger partial charge in [-0.1, -0.05) is 133 Å². The van der Waals surface area contributed by atoms with Crippen molar-refractivity contribution in [2.75, 3.05) is 12.4 Å². The second-order valence-electron chi connectivity index (χ2n) is 10.8. The van der Waals surface area contributed by atoms with E-state index < -0.39 is 7.92 Å². The summed E-state index contributed by atoms with van der Waals surface area (Å²) in [5, 5.41) is 21.6. The van der Waals surface area contributed by atoms with Crippen LogP contribution in [0.15, 0.2) is 146 Å². The number of hydrogen-bond donors (Lipinski definition) is 1. The minimum Gasteiger partial charge on any atom is -0.497 e. The maximum absolute atomic E-state index is 5.73. The summed E-state index contributed by atoms with van der Waals surface area (Å²) in [7, 11) is 0.808. The fourth-order valence-corrected chi connectivity index (χ4v) is 8.32. The van der Waals surface area contributed by atoms with E-state index in [1.165, 1.54) is 21.5 Å². The van der Waals surface area contributed by atoms with Crippen LogP contribution in [0.1, 0.15) is 18.5 Å². The highest BCUT2D eigenvalue weighted by Crippen LogP contribution is 2.42. The lowest BCUT2D eigenvalue weighted by atomic mass is 9.98. The zero-order valence-electron chi connectivity index (χ0n) is 24.7. The number of rotatable bonds is 8. The van der Waals surface area contributed by atoms with Crippen molar-refractivity contribution in [3.05, 3.63) is 151 Å². The summed E-state index contributed by atoms with van der Waals surface area (Å²) in [4.78, 5) is 0. The highest BCUT2D eigenvalue weighted by molar-refractivity contribution is 7.80. The molecule has 1 aromatic heterocycles. The third kappa shape index (κ3) is 5.30. The van der Waals surface area contributed by atoms with Gasteiger partial charge in [0.1, 0.15) is 11.4 Å². The molecule has 0 saturated heterocycles. The monoisotopic (exact) mass is 589 g/mol. The quantitative estimate of drug-likeness (QED) is 0.181. The summed E-state index contributed by atoms with van der Waals surface area (Å²) >= 11 is 0. The molecular formula is C39H32N3OP. The third-order valence-corrected chi connectivity index (χ3v) is 10.5. The van der Waals surface area contributed by atoms with E-state index in [4.69, 9.17) is 14.9 Å². The second kappa shape index (κ2) is 12.3. The Kier molecular flexibility index (Phi) is 7.75. The first-order valence-electron chi connectivity index (χ1n) is 14.8. The van der Waals surface area contributed by atoms with Gasteiger partial charge in [0.15, 0.2) is 5.82 Å². The molecule has 1 atom stereocenters. The van der Waals surface area contributed by atoms with E-state index in [9.17, 15) is 0 Å². The van der Waals surface area contributed by atoms with Gasteiger partial charge in [0.2, 0.25) is 0 Å². The van der Waals surface area contributed by atoms with E-state index in [0.29, 0.717) is 0 Å². The van der Waals surface area contributed by atoms with Gasteiger partial charge in [0.25, 0.3) is 0 Å². The van der Waals surface area contributed by atoms with Gasteiger partial charge in [-0.05, 0) is 59.2 Å². The fraction of sp³-hybridized carbons (Fsp3) is 0.0769. The Labute approximate surface area is 259 Å². The molecule has 0 aliphatic heterocycles. The number of nitrogens with one attached hydrogen (secondary N) is 1. The summed E-state index contributed by atoms with van der Waals surface area (Å²) in [5.41, 5.74) is 3.15. The molecule has 4 nitrogen and oxygen atoms in total. The summed E-state index contributed by atoms with van der Waals surface area (Å²) in [6.07, 6.45) is 0. The molecule has 44 heavy (non-hydrogen) atoms. The van der Waals surface area contributed by atoms with Crippen molar-refractivity contribution in [1.29, 1.82) is 0 Å². The van der Waals surface area contributed by atoms with Gasteiger partial charge >= 0.3 is 0 Å². The van der Waals surface area contributed by atoms with Crippen LogP contribution in [0.3, 0.4) is 0 Å². The lowest BCUT2D eigenvalue weighted by molar-refractivity contribution is 0.415. The molecule has 214 valence electrons. The second-order valence-corrected chi connectivity index (χ2v) is 13.0. The SMILES string of the molecule is COc1ccc2ccc(P(c3ccccc3)c3ccccc3)c(-c3nnc(NC(C)c4ccccc4)c4ccccc34)c2c1. The largest absolute Gasteiger partial charge is 0.497 e. The maximum Gasteiger partial charge on any atom is 0.157 e. The van der Waals surface area contributed by atoms with Crippen LogP contribution in [-0.2, 0) is 0 Å². The number of fused-ring (bicyclic) bond motifs is 2. The van der Waals surface area contributed by atoms with Crippen LogP contribution >= 0.6 is 7.92 Å². The first-order chi connectivity index (χ1) is 21.7. The van der Waals surface area contributed by atoms with Gasteiger partial charge < -0.3 is 10.1 Å². The van der Waals surface area contributed by atoms with Gasteiger partial charge in [-0.2, -0.15) is 0 Å². The molecule has 0 fully saturated rings. The van der Waals surface area contributed by atoms with Crippen LogP contribution in [0, 0.1) is 0 Å². The van der Waals surface area contributed by atoms with Crippen molar-refractivity contribution >= 4 is 51.2 Å². The average Bonchev–Trinajstić information content (AvgIpc) is 3.09. The Balaban J connectivity index is 1.49. The summed E-state index contributed by atoms with van der Waals surface area (Å²) in [5.74, 6) is 1.58. The topological polar surface area (TPSA) is 47.0 Å². The van der Waals surface area contributed by atoms with Crippen LogP contribution in [0.2, 0.25) is 0 Å². The van der Waals surface area contributed by atoms with Gasteiger partial charge in [-0.3, -0.25) is 0 Å². The zero-order chi connectivity index (χ0) is 29.9. The molecule has 0 spiro atoms. The van der Waals surface area contributed by atoms with Crippen LogP contribution in [0.4, 0.5) is 5.82 Å². The summed E-state index contributed by atoms with van der Waals surface area (Å²) < 4.78 is 5.73. The molecule has 0 aliphatic carbocycles. The Morgan fingerprint density at radius 2 is 1.20 bits per heavy atom. The maximum atomic E-state index is 5.73. The van der Waals surface area contributed by atoms with Gasteiger partial charge in [0, 0.05) is 16.3 Å². The predicted octanol–water partition coefficient (Wildman–Crippen LogP) is 8.39. The van der Waals surface area contributed by atoms with Gasteiger partial charge in [-0.25, -0.2) is 0 Å². The Hall–Kier alpha value is -5.05. The van der Waals surface area contributed by atoms with Crippen molar-refractivity contribution in [3.8, 4) is 17.0 Å². The highest BCUT2D eigenvalue weighted by Gasteiger charge is 2.25. The Morgan fingerprint density at radius 1 is 0.614 bits per heavy atom. The molecule has 7 aromatic rings. The first-order valence-corrected chi connectivity index (χ1v) is 16.1. The normalized spacial score (nSPS) is 12.0. The van der Waals surface area contributed by atoms with Gasteiger partial charge in [-0.15, -0.1) is 10.2 Å². The molecule has 1 heterocycles. The molecule has 7 rings (SSSR count). The van der Waals surface area contributed by atoms with E-state index >= 15 is 0 Å². The molecule has 1 unspecified atom stereocenters. The zero-order valence-corrected chi connectivity index (χ0v) is 25.6. The minimum atomic E-state index is -0.909.